The van der Waals surface area contributed by atoms with Crippen LogP contribution in [0.4, 0.5) is 0 Å². The maximum Gasteiger partial charge on any atom is 0.169 e. The van der Waals surface area contributed by atoms with Crippen molar-refractivity contribution in [2.75, 3.05) is 0 Å². The molecule has 60 valence electrons. The maximum atomic E-state index is 4.08. The fourth-order valence-corrected chi connectivity index (χ4v) is 0.559. The second-order valence-electron chi connectivity index (χ2n) is 3.09. The van der Waals surface area contributed by atoms with Gasteiger partial charge in [-0.25, -0.2) is 0 Å². The Morgan fingerprint density at radius 3 is 2.36 bits per heavy atom. The van der Waals surface area contributed by atoms with Gasteiger partial charge in [0, 0.05) is 0 Å². The van der Waals surface area contributed by atoms with E-state index in [9.17, 15) is 0 Å². The van der Waals surface area contributed by atoms with E-state index in [0.717, 1.165) is 5.71 Å². The average molecular weight is 152 g/mol. The van der Waals surface area contributed by atoms with E-state index in [4.69, 9.17) is 0 Å². The first-order valence-corrected chi connectivity index (χ1v) is 3.54. The van der Waals surface area contributed by atoms with Crippen LogP contribution in [0.25, 0.3) is 0 Å². The molecule has 0 atom stereocenters. The molecule has 0 unspecified atom stereocenters. The molecule has 1 heterocycles. The van der Waals surface area contributed by atoms with Gasteiger partial charge in [-0.05, 0) is 27.7 Å². The fraction of sp³-hybridized carbons (Fsp3) is 0.714. The molecule has 1 rings (SSSR count). The average Bonchev–Trinajstić information content (AvgIpc) is 2.03. The second-order valence-corrected chi connectivity index (χ2v) is 3.09. The van der Waals surface area contributed by atoms with Gasteiger partial charge in [-0.2, -0.15) is 10.2 Å². The summed E-state index contributed by atoms with van der Waals surface area (Å²) < 4.78 is 0. The summed E-state index contributed by atoms with van der Waals surface area (Å²) in [5, 5.41) is 15.8. The van der Waals surface area contributed by atoms with Crippen LogP contribution in [-0.2, 0) is 0 Å². The summed E-state index contributed by atoms with van der Waals surface area (Å²) in [7, 11) is 0. The van der Waals surface area contributed by atoms with Crippen molar-refractivity contribution in [2.45, 2.75) is 33.2 Å². The Bertz CT molecular complexity index is 247. The lowest BCUT2D eigenvalue weighted by molar-refractivity contribution is 0.662. The molecule has 0 aromatic heterocycles. The predicted molar refractivity (Wildman–Crippen MR) is 45.2 cm³/mol. The van der Waals surface area contributed by atoms with Crippen molar-refractivity contribution in [3.63, 3.8) is 0 Å². The van der Waals surface area contributed by atoms with Crippen molar-refractivity contribution in [1.82, 2.24) is 0 Å². The van der Waals surface area contributed by atoms with E-state index in [1.54, 1.807) is 6.92 Å². The lowest BCUT2D eigenvalue weighted by Crippen LogP contribution is -2.25. The van der Waals surface area contributed by atoms with E-state index in [0.29, 0.717) is 5.84 Å². The van der Waals surface area contributed by atoms with Crippen LogP contribution in [0.1, 0.15) is 27.7 Å². The molecule has 11 heavy (non-hydrogen) atoms. The van der Waals surface area contributed by atoms with Gasteiger partial charge in [-0.1, -0.05) is 0 Å². The van der Waals surface area contributed by atoms with Crippen LogP contribution < -0.4 is 0 Å². The Hall–Kier alpha value is -1.06. The maximum absolute atomic E-state index is 4.08. The van der Waals surface area contributed by atoms with Gasteiger partial charge in [0.05, 0.1) is 5.71 Å². The summed E-state index contributed by atoms with van der Waals surface area (Å²) in [6, 6.07) is 0. The molecule has 0 radical (unpaired) electrons. The highest BCUT2D eigenvalue weighted by Crippen LogP contribution is 2.14. The van der Waals surface area contributed by atoms with Crippen molar-refractivity contribution in [3.8, 4) is 0 Å². The Morgan fingerprint density at radius 1 is 1.09 bits per heavy atom. The smallest absolute Gasteiger partial charge is 0.169 e. The minimum Gasteiger partial charge on any atom is -0.175 e. The molecule has 0 saturated heterocycles. The number of rotatable bonds is 0. The molecule has 0 aromatic rings. The van der Waals surface area contributed by atoms with E-state index in [1.807, 2.05) is 20.8 Å². The first kappa shape index (κ1) is 8.04. The minimum atomic E-state index is -0.304. The zero-order valence-corrected chi connectivity index (χ0v) is 7.29. The van der Waals surface area contributed by atoms with E-state index in [2.05, 4.69) is 20.4 Å². The number of hydrogen-bond acceptors (Lipinski definition) is 4. The third-order valence-corrected chi connectivity index (χ3v) is 1.67. The Kier molecular flexibility index (Phi) is 1.85. The predicted octanol–water partition coefficient (Wildman–Crippen LogP) is 2.03. The molecule has 0 saturated carbocycles. The zero-order valence-electron chi connectivity index (χ0n) is 7.29. The van der Waals surface area contributed by atoms with Gasteiger partial charge in [0.15, 0.2) is 5.84 Å². The molecular formula is C7H12N4. The SMILES string of the molecule is CC1=NN=C(C)C(C)(C)N=N1. The quantitative estimate of drug-likeness (QED) is 0.510. The molecule has 0 N–H and O–H groups in total. The van der Waals surface area contributed by atoms with Gasteiger partial charge in [-0.15, -0.1) is 10.2 Å². The van der Waals surface area contributed by atoms with Gasteiger partial charge >= 0.3 is 0 Å². The van der Waals surface area contributed by atoms with E-state index >= 15 is 0 Å². The second kappa shape index (κ2) is 2.53. The van der Waals surface area contributed by atoms with E-state index < -0.39 is 0 Å². The molecule has 0 amide bonds. The Balaban J connectivity index is 3.03. The molecule has 1 aliphatic heterocycles. The summed E-state index contributed by atoms with van der Waals surface area (Å²) in [5.41, 5.74) is 0.583. The minimum absolute atomic E-state index is 0.304. The highest BCUT2D eigenvalue weighted by molar-refractivity contribution is 5.92. The van der Waals surface area contributed by atoms with Crippen LogP contribution >= 0.6 is 0 Å². The van der Waals surface area contributed by atoms with Crippen LogP contribution in [-0.4, -0.2) is 17.1 Å². The van der Waals surface area contributed by atoms with Crippen molar-refractivity contribution in [1.29, 1.82) is 0 Å². The summed E-state index contributed by atoms with van der Waals surface area (Å²) in [6.07, 6.45) is 0. The molecular weight excluding hydrogens is 140 g/mol. The molecule has 0 spiro atoms. The Labute approximate surface area is 66.1 Å². The van der Waals surface area contributed by atoms with Crippen LogP contribution in [0, 0.1) is 0 Å². The van der Waals surface area contributed by atoms with Gasteiger partial charge in [0.2, 0.25) is 0 Å². The molecule has 0 aliphatic carbocycles. The molecule has 0 fully saturated rings. The highest BCUT2D eigenvalue weighted by atomic mass is 15.3. The molecule has 0 bridgehead atoms. The highest BCUT2D eigenvalue weighted by Gasteiger charge is 2.22. The van der Waals surface area contributed by atoms with Gasteiger partial charge < -0.3 is 0 Å². The van der Waals surface area contributed by atoms with Gasteiger partial charge in [0.25, 0.3) is 0 Å². The summed E-state index contributed by atoms with van der Waals surface area (Å²) in [6.45, 7) is 7.61. The molecule has 1 aliphatic rings. The molecule has 4 nitrogen and oxygen atoms in total. The first-order valence-electron chi connectivity index (χ1n) is 3.54. The summed E-state index contributed by atoms with van der Waals surface area (Å²) >= 11 is 0. The van der Waals surface area contributed by atoms with Crippen LogP contribution in [0.2, 0.25) is 0 Å². The monoisotopic (exact) mass is 152 g/mol. The molecule has 0 aromatic carbocycles. The van der Waals surface area contributed by atoms with E-state index in [1.165, 1.54) is 0 Å². The normalized spacial score (nSPS) is 22.2. The number of hydrogen-bond donors (Lipinski definition) is 0. The zero-order chi connectivity index (χ0) is 8.48. The van der Waals surface area contributed by atoms with Crippen molar-refractivity contribution >= 4 is 11.5 Å². The van der Waals surface area contributed by atoms with Crippen LogP contribution in [0.5, 0.6) is 0 Å². The standard InChI is InChI=1S/C7H12N4/c1-5-7(3,4)11-10-6(2)9-8-5/h1-4H3. The number of nitrogens with zero attached hydrogens (tertiary/aromatic N) is 4. The van der Waals surface area contributed by atoms with Crippen LogP contribution in [0.15, 0.2) is 20.4 Å². The largest absolute Gasteiger partial charge is 0.175 e. The van der Waals surface area contributed by atoms with Crippen molar-refractivity contribution in [3.05, 3.63) is 0 Å². The number of azo groups is 1. The summed E-state index contributed by atoms with van der Waals surface area (Å²) in [4.78, 5) is 0. The van der Waals surface area contributed by atoms with Gasteiger partial charge in [0.1, 0.15) is 5.54 Å². The summed E-state index contributed by atoms with van der Waals surface area (Å²) in [5.74, 6) is 0.606. The van der Waals surface area contributed by atoms with Gasteiger partial charge in [-0.3, -0.25) is 0 Å². The third kappa shape index (κ3) is 1.69. The Morgan fingerprint density at radius 2 is 1.73 bits per heavy atom. The fourth-order valence-electron chi connectivity index (χ4n) is 0.559. The molecule has 4 heteroatoms. The van der Waals surface area contributed by atoms with Crippen molar-refractivity contribution in [2.24, 2.45) is 20.4 Å². The van der Waals surface area contributed by atoms with E-state index in [-0.39, 0.29) is 5.54 Å². The lowest BCUT2D eigenvalue weighted by atomic mass is 10.0. The topological polar surface area (TPSA) is 49.4 Å². The van der Waals surface area contributed by atoms with Crippen LogP contribution in [0.3, 0.4) is 0 Å². The first-order chi connectivity index (χ1) is 5.02. The number of amidine groups is 1. The lowest BCUT2D eigenvalue weighted by Gasteiger charge is -2.14. The van der Waals surface area contributed by atoms with Crippen molar-refractivity contribution < 1.29 is 0 Å². The third-order valence-electron chi connectivity index (χ3n) is 1.67.